The van der Waals surface area contributed by atoms with Gasteiger partial charge in [0, 0.05) is 25.0 Å². The molecule has 0 atom stereocenters. The van der Waals surface area contributed by atoms with Crippen LogP contribution >= 0.6 is 0 Å². The Bertz CT molecular complexity index is 746. The van der Waals surface area contributed by atoms with E-state index in [1.807, 2.05) is 24.3 Å². The molecule has 0 saturated heterocycles. The normalized spacial score (nSPS) is 12.3. The Kier molecular flexibility index (Phi) is 5.38. The monoisotopic (exact) mass is 341 g/mol. The maximum atomic E-state index is 12.1. The molecule has 6 nitrogen and oxygen atoms in total. The molecule has 132 valence electrons. The van der Waals surface area contributed by atoms with Crippen LogP contribution in [0.15, 0.2) is 36.5 Å². The zero-order valence-corrected chi connectivity index (χ0v) is 14.5. The zero-order chi connectivity index (χ0) is 17.6. The predicted octanol–water partition coefficient (Wildman–Crippen LogP) is 3.20. The van der Waals surface area contributed by atoms with Gasteiger partial charge in [0.2, 0.25) is 6.79 Å². The summed E-state index contributed by atoms with van der Waals surface area (Å²) in [6.07, 6.45) is 2.59. The Hall–Kier alpha value is -2.76. The second kappa shape index (κ2) is 7.88. The molecule has 1 aliphatic rings. The van der Waals surface area contributed by atoms with Crippen molar-refractivity contribution in [2.24, 2.45) is 5.92 Å². The van der Waals surface area contributed by atoms with Gasteiger partial charge in [0.25, 0.3) is 5.91 Å². The van der Waals surface area contributed by atoms with E-state index in [9.17, 15) is 4.79 Å². The van der Waals surface area contributed by atoms with E-state index in [0.29, 0.717) is 24.7 Å². The molecule has 3 rings (SSSR count). The minimum Gasteiger partial charge on any atom is -0.454 e. The van der Waals surface area contributed by atoms with E-state index in [4.69, 9.17) is 9.47 Å². The SMILES string of the molecule is CC(C)CCNC(=O)c1cc(NCc2ccc3c(c2)OCO3)ccn1. The van der Waals surface area contributed by atoms with E-state index in [2.05, 4.69) is 29.5 Å². The van der Waals surface area contributed by atoms with Gasteiger partial charge in [0.05, 0.1) is 0 Å². The number of hydrogen-bond acceptors (Lipinski definition) is 5. The number of hydrogen-bond donors (Lipinski definition) is 2. The molecule has 0 fully saturated rings. The first-order chi connectivity index (χ1) is 12.1. The molecule has 1 aromatic carbocycles. The van der Waals surface area contributed by atoms with Crippen molar-refractivity contribution in [3.05, 3.63) is 47.8 Å². The van der Waals surface area contributed by atoms with Crippen molar-refractivity contribution in [1.82, 2.24) is 10.3 Å². The molecular formula is C19H23N3O3. The number of benzene rings is 1. The van der Waals surface area contributed by atoms with Crippen molar-refractivity contribution >= 4 is 11.6 Å². The summed E-state index contributed by atoms with van der Waals surface area (Å²) in [7, 11) is 0. The van der Waals surface area contributed by atoms with Gasteiger partial charge in [-0.2, -0.15) is 0 Å². The highest BCUT2D eigenvalue weighted by Gasteiger charge is 2.13. The van der Waals surface area contributed by atoms with Crippen molar-refractivity contribution < 1.29 is 14.3 Å². The topological polar surface area (TPSA) is 72.5 Å². The number of carbonyl (C=O) groups is 1. The molecule has 0 unspecified atom stereocenters. The zero-order valence-electron chi connectivity index (χ0n) is 14.5. The molecule has 0 bridgehead atoms. The van der Waals surface area contributed by atoms with E-state index in [1.165, 1.54) is 0 Å². The third kappa shape index (κ3) is 4.62. The van der Waals surface area contributed by atoms with Crippen LogP contribution in [0.5, 0.6) is 11.5 Å². The molecule has 2 N–H and O–H groups in total. The van der Waals surface area contributed by atoms with Crippen molar-refractivity contribution in [3.63, 3.8) is 0 Å². The van der Waals surface area contributed by atoms with Gasteiger partial charge >= 0.3 is 0 Å². The molecule has 1 aliphatic heterocycles. The first-order valence-electron chi connectivity index (χ1n) is 8.48. The summed E-state index contributed by atoms with van der Waals surface area (Å²) in [6.45, 7) is 5.81. The van der Waals surface area contributed by atoms with Crippen LogP contribution < -0.4 is 20.1 Å². The van der Waals surface area contributed by atoms with Crippen LogP contribution in [0.3, 0.4) is 0 Å². The maximum absolute atomic E-state index is 12.1. The molecule has 0 aliphatic carbocycles. The summed E-state index contributed by atoms with van der Waals surface area (Å²) >= 11 is 0. The number of amides is 1. The van der Waals surface area contributed by atoms with E-state index in [-0.39, 0.29) is 12.7 Å². The summed E-state index contributed by atoms with van der Waals surface area (Å²) in [5.41, 5.74) is 2.34. The fraction of sp³-hybridized carbons (Fsp3) is 0.368. The summed E-state index contributed by atoms with van der Waals surface area (Å²) in [5.74, 6) is 1.95. The number of nitrogens with zero attached hydrogens (tertiary/aromatic N) is 1. The molecule has 0 saturated carbocycles. The van der Waals surface area contributed by atoms with E-state index >= 15 is 0 Å². The van der Waals surface area contributed by atoms with Crippen LogP contribution in [0, 0.1) is 5.92 Å². The first kappa shape index (κ1) is 17.1. The third-order valence-corrected chi connectivity index (χ3v) is 3.93. The summed E-state index contributed by atoms with van der Waals surface area (Å²) < 4.78 is 10.7. The summed E-state index contributed by atoms with van der Waals surface area (Å²) in [6, 6.07) is 9.45. The molecule has 0 spiro atoms. The van der Waals surface area contributed by atoms with Gasteiger partial charge in [0.15, 0.2) is 11.5 Å². The Morgan fingerprint density at radius 3 is 2.88 bits per heavy atom. The Morgan fingerprint density at radius 1 is 1.20 bits per heavy atom. The van der Waals surface area contributed by atoms with Gasteiger partial charge in [-0.15, -0.1) is 0 Å². The smallest absolute Gasteiger partial charge is 0.269 e. The fourth-order valence-electron chi connectivity index (χ4n) is 2.48. The number of ether oxygens (including phenoxy) is 2. The summed E-state index contributed by atoms with van der Waals surface area (Å²) in [4.78, 5) is 16.3. The molecule has 6 heteroatoms. The highest BCUT2D eigenvalue weighted by molar-refractivity contribution is 5.93. The highest BCUT2D eigenvalue weighted by Crippen LogP contribution is 2.32. The Labute approximate surface area is 147 Å². The van der Waals surface area contributed by atoms with Gasteiger partial charge in [-0.3, -0.25) is 9.78 Å². The van der Waals surface area contributed by atoms with Gasteiger partial charge in [0.1, 0.15) is 5.69 Å². The van der Waals surface area contributed by atoms with Crippen LogP contribution in [0.2, 0.25) is 0 Å². The van der Waals surface area contributed by atoms with E-state index in [0.717, 1.165) is 29.2 Å². The van der Waals surface area contributed by atoms with Crippen molar-refractivity contribution in [3.8, 4) is 11.5 Å². The largest absolute Gasteiger partial charge is 0.454 e. The number of nitrogens with one attached hydrogen (secondary N) is 2. The minimum absolute atomic E-state index is 0.146. The van der Waals surface area contributed by atoms with Crippen LogP contribution in [-0.2, 0) is 6.54 Å². The van der Waals surface area contributed by atoms with Gasteiger partial charge in [-0.05, 0) is 42.2 Å². The van der Waals surface area contributed by atoms with Crippen LogP contribution in [0.1, 0.15) is 36.3 Å². The van der Waals surface area contributed by atoms with Gasteiger partial charge < -0.3 is 20.1 Å². The van der Waals surface area contributed by atoms with Crippen LogP contribution in [0.4, 0.5) is 5.69 Å². The van der Waals surface area contributed by atoms with E-state index in [1.54, 1.807) is 12.3 Å². The lowest BCUT2D eigenvalue weighted by Gasteiger charge is -2.10. The lowest BCUT2D eigenvalue weighted by Crippen LogP contribution is -2.26. The number of fused-ring (bicyclic) bond motifs is 1. The molecule has 1 amide bonds. The molecular weight excluding hydrogens is 318 g/mol. The van der Waals surface area contributed by atoms with Crippen molar-refractivity contribution in [2.45, 2.75) is 26.8 Å². The maximum Gasteiger partial charge on any atom is 0.269 e. The van der Waals surface area contributed by atoms with Gasteiger partial charge in [-0.1, -0.05) is 19.9 Å². The molecule has 2 aromatic rings. The first-order valence-corrected chi connectivity index (χ1v) is 8.48. The highest BCUT2D eigenvalue weighted by atomic mass is 16.7. The number of carbonyl (C=O) groups excluding carboxylic acids is 1. The average molecular weight is 341 g/mol. The Balaban J connectivity index is 1.57. The third-order valence-electron chi connectivity index (χ3n) is 3.93. The molecule has 25 heavy (non-hydrogen) atoms. The van der Waals surface area contributed by atoms with Crippen molar-refractivity contribution in [2.75, 3.05) is 18.7 Å². The molecule has 1 aromatic heterocycles. The fourth-order valence-corrected chi connectivity index (χ4v) is 2.48. The summed E-state index contributed by atoms with van der Waals surface area (Å²) in [5, 5.41) is 6.21. The Morgan fingerprint density at radius 2 is 2.04 bits per heavy atom. The second-order valence-corrected chi connectivity index (χ2v) is 6.41. The lowest BCUT2D eigenvalue weighted by molar-refractivity contribution is 0.0947. The number of pyridine rings is 1. The molecule has 2 heterocycles. The number of anilines is 1. The predicted molar refractivity (Wildman–Crippen MR) is 95.9 cm³/mol. The van der Waals surface area contributed by atoms with Gasteiger partial charge in [-0.25, -0.2) is 0 Å². The minimum atomic E-state index is -0.146. The number of rotatable bonds is 7. The van der Waals surface area contributed by atoms with Crippen LogP contribution in [-0.4, -0.2) is 24.2 Å². The lowest BCUT2D eigenvalue weighted by atomic mass is 10.1. The second-order valence-electron chi connectivity index (χ2n) is 6.41. The quantitative estimate of drug-likeness (QED) is 0.809. The number of aromatic nitrogens is 1. The average Bonchev–Trinajstić information content (AvgIpc) is 3.07. The van der Waals surface area contributed by atoms with E-state index < -0.39 is 0 Å². The standard InChI is InChI=1S/C19H23N3O3/c1-13(2)5-7-21-19(23)16-10-15(6-8-20-16)22-11-14-3-4-17-18(9-14)25-12-24-17/h3-4,6,8-10,13H,5,7,11-12H2,1-2H3,(H,20,22)(H,21,23). The molecule has 0 radical (unpaired) electrons. The van der Waals surface area contributed by atoms with Crippen molar-refractivity contribution in [1.29, 1.82) is 0 Å². The van der Waals surface area contributed by atoms with Crippen LogP contribution in [0.25, 0.3) is 0 Å².